The standard InChI is InChI=1S/C19H22N2O3/c1-14-5-3-8-17(18(14)22)19(23)21-11-9-20(10-12-21)15-6-4-7-16(13-15)24-2/h3-8,13,22H,9-12H2,1-2H3. The van der Waals surface area contributed by atoms with Crippen LogP contribution in [-0.2, 0) is 0 Å². The van der Waals surface area contributed by atoms with Crippen molar-refractivity contribution in [2.24, 2.45) is 0 Å². The average Bonchev–Trinajstić information content (AvgIpc) is 2.63. The third-order valence-corrected chi connectivity index (χ3v) is 4.45. The van der Waals surface area contributed by atoms with Gasteiger partial charge in [-0.15, -0.1) is 0 Å². The fraction of sp³-hybridized carbons (Fsp3) is 0.316. The van der Waals surface area contributed by atoms with E-state index in [0.29, 0.717) is 18.7 Å². The van der Waals surface area contributed by atoms with Crippen LogP contribution in [0.3, 0.4) is 0 Å². The quantitative estimate of drug-likeness (QED) is 0.942. The zero-order valence-corrected chi connectivity index (χ0v) is 14.0. The van der Waals surface area contributed by atoms with Crippen LogP contribution in [0.5, 0.6) is 11.5 Å². The molecule has 0 saturated carbocycles. The van der Waals surface area contributed by atoms with E-state index in [4.69, 9.17) is 4.74 Å². The van der Waals surface area contributed by atoms with Gasteiger partial charge >= 0.3 is 0 Å². The lowest BCUT2D eigenvalue weighted by molar-refractivity contribution is 0.0743. The van der Waals surface area contributed by atoms with Gasteiger partial charge in [-0.1, -0.05) is 18.2 Å². The molecule has 1 aliphatic heterocycles. The zero-order valence-electron chi connectivity index (χ0n) is 14.0. The summed E-state index contributed by atoms with van der Waals surface area (Å²) in [4.78, 5) is 16.7. The van der Waals surface area contributed by atoms with Gasteiger partial charge in [0.1, 0.15) is 11.5 Å². The highest BCUT2D eigenvalue weighted by molar-refractivity contribution is 5.97. The first-order valence-corrected chi connectivity index (χ1v) is 8.07. The molecular weight excluding hydrogens is 304 g/mol. The normalized spacial score (nSPS) is 14.6. The molecule has 5 nitrogen and oxygen atoms in total. The molecule has 0 bridgehead atoms. The Labute approximate surface area is 142 Å². The van der Waals surface area contributed by atoms with Crippen LogP contribution < -0.4 is 9.64 Å². The highest BCUT2D eigenvalue weighted by Crippen LogP contribution is 2.25. The smallest absolute Gasteiger partial charge is 0.257 e. The lowest BCUT2D eigenvalue weighted by Gasteiger charge is -2.36. The van der Waals surface area contributed by atoms with Gasteiger partial charge in [-0.2, -0.15) is 0 Å². The van der Waals surface area contributed by atoms with Crippen molar-refractivity contribution in [2.75, 3.05) is 38.2 Å². The molecule has 1 saturated heterocycles. The number of aryl methyl sites for hydroxylation is 1. The third kappa shape index (κ3) is 3.15. The van der Waals surface area contributed by atoms with Crippen LogP contribution in [0.15, 0.2) is 42.5 Å². The lowest BCUT2D eigenvalue weighted by atomic mass is 10.1. The molecule has 1 aliphatic rings. The number of hydrogen-bond acceptors (Lipinski definition) is 4. The summed E-state index contributed by atoms with van der Waals surface area (Å²) < 4.78 is 5.27. The van der Waals surface area contributed by atoms with Crippen molar-refractivity contribution >= 4 is 11.6 Å². The molecule has 3 rings (SSSR count). The van der Waals surface area contributed by atoms with E-state index in [-0.39, 0.29) is 11.7 Å². The van der Waals surface area contributed by atoms with Crippen molar-refractivity contribution in [1.82, 2.24) is 4.90 Å². The molecule has 0 aliphatic carbocycles. The van der Waals surface area contributed by atoms with Gasteiger partial charge in [0.2, 0.25) is 0 Å². The first kappa shape index (κ1) is 16.2. The minimum Gasteiger partial charge on any atom is -0.507 e. The van der Waals surface area contributed by atoms with Crippen LogP contribution in [0.2, 0.25) is 0 Å². The second-order valence-corrected chi connectivity index (χ2v) is 5.95. The Hall–Kier alpha value is -2.69. The Kier molecular flexibility index (Phi) is 4.60. The second kappa shape index (κ2) is 6.83. The largest absolute Gasteiger partial charge is 0.507 e. The average molecular weight is 326 g/mol. The minimum atomic E-state index is -0.110. The molecule has 0 unspecified atom stereocenters. The molecule has 1 fully saturated rings. The number of methoxy groups -OCH3 is 1. The number of phenolic OH excluding ortho intramolecular Hbond substituents is 1. The first-order valence-electron chi connectivity index (χ1n) is 8.07. The van der Waals surface area contributed by atoms with E-state index in [9.17, 15) is 9.90 Å². The molecule has 0 spiro atoms. The molecule has 0 aromatic heterocycles. The molecule has 2 aromatic rings. The lowest BCUT2D eigenvalue weighted by Crippen LogP contribution is -2.48. The summed E-state index contributed by atoms with van der Waals surface area (Å²) in [6.45, 7) is 4.57. The van der Waals surface area contributed by atoms with E-state index in [1.165, 1.54) is 0 Å². The number of para-hydroxylation sites is 1. The van der Waals surface area contributed by atoms with E-state index in [0.717, 1.165) is 30.1 Å². The molecule has 1 heterocycles. The molecule has 0 radical (unpaired) electrons. The molecule has 126 valence electrons. The highest BCUT2D eigenvalue weighted by atomic mass is 16.5. The monoisotopic (exact) mass is 326 g/mol. The summed E-state index contributed by atoms with van der Waals surface area (Å²) in [5, 5.41) is 10.1. The fourth-order valence-corrected chi connectivity index (χ4v) is 2.98. The van der Waals surface area contributed by atoms with Crippen LogP contribution in [-0.4, -0.2) is 49.2 Å². The van der Waals surface area contributed by atoms with Crippen molar-refractivity contribution in [3.8, 4) is 11.5 Å². The SMILES string of the molecule is COc1cccc(N2CCN(C(=O)c3cccc(C)c3O)CC2)c1. The summed E-state index contributed by atoms with van der Waals surface area (Å²) >= 11 is 0. The van der Waals surface area contributed by atoms with E-state index in [2.05, 4.69) is 4.90 Å². The maximum atomic E-state index is 12.6. The molecule has 2 aromatic carbocycles. The van der Waals surface area contributed by atoms with E-state index in [1.807, 2.05) is 24.3 Å². The summed E-state index contributed by atoms with van der Waals surface area (Å²) in [6.07, 6.45) is 0. The van der Waals surface area contributed by atoms with Crippen molar-refractivity contribution in [2.45, 2.75) is 6.92 Å². The van der Waals surface area contributed by atoms with E-state index >= 15 is 0 Å². The molecular formula is C19H22N2O3. The van der Waals surface area contributed by atoms with Crippen molar-refractivity contribution < 1.29 is 14.6 Å². The number of phenols is 1. The highest BCUT2D eigenvalue weighted by Gasteiger charge is 2.24. The summed E-state index contributed by atoms with van der Waals surface area (Å²) in [7, 11) is 1.66. The number of anilines is 1. The van der Waals surface area contributed by atoms with Crippen LogP contribution in [0.4, 0.5) is 5.69 Å². The number of hydrogen-bond donors (Lipinski definition) is 1. The number of nitrogens with zero attached hydrogens (tertiary/aromatic N) is 2. The van der Waals surface area contributed by atoms with Crippen molar-refractivity contribution in [3.63, 3.8) is 0 Å². The predicted molar refractivity (Wildman–Crippen MR) is 94.0 cm³/mol. The third-order valence-electron chi connectivity index (χ3n) is 4.45. The van der Waals surface area contributed by atoms with Gasteiger partial charge in [-0.25, -0.2) is 0 Å². The zero-order chi connectivity index (χ0) is 17.1. The van der Waals surface area contributed by atoms with Crippen LogP contribution in [0.1, 0.15) is 15.9 Å². The minimum absolute atomic E-state index is 0.0812. The van der Waals surface area contributed by atoms with Crippen molar-refractivity contribution in [3.05, 3.63) is 53.6 Å². The van der Waals surface area contributed by atoms with Gasteiger partial charge in [0.25, 0.3) is 5.91 Å². The van der Waals surface area contributed by atoms with Gasteiger partial charge in [0.05, 0.1) is 12.7 Å². The van der Waals surface area contributed by atoms with Gasteiger partial charge < -0.3 is 19.6 Å². The summed E-state index contributed by atoms with van der Waals surface area (Å²) in [5.41, 5.74) is 2.19. The fourth-order valence-electron chi connectivity index (χ4n) is 2.98. The van der Waals surface area contributed by atoms with Crippen molar-refractivity contribution in [1.29, 1.82) is 0 Å². The van der Waals surface area contributed by atoms with Gasteiger partial charge in [0.15, 0.2) is 0 Å². The van der Waals surface area contributed by atoms with E-state index in [1.54, 1.807) is 37.1 Å². The van der Waals surface area contributed by atoms with E-state index < -0.39 is 0 Å². The molecule has 1 N–H and O–H groups in total. The molecule has 24 heavy (non-hydrogen) atoms. The van der Waals surface area contributed by atoms with Crippen LogP contribution >= 0.6 is 0 Å². The molecule has 0 atom stereocenters. The number of piperazine rings is 1. The molecule has 1 amide bonds. The Morgan fingerprint density at radius 2 is 1.79 bits per heavy atom. The Morgan fingerprint density at radius 3 is 2.50 bits per heavy atom. The Morgan fingerprint density at radius 1 is 1.08 bits per heavy atom. The van der Waals surface area contributed by atoms with Gasteiger partial charge in [-0.05, 0) is 30.7 Å². The topological polar surface area (TPSA) is 53.0 Å². The number of carbonyl (C=O) groups excluding carboxylic acids is 1. The summed E-state index contributed by atoms with van der Waals surface area (Å²) in [6, 6.07) is 13.2. The maximum Gasteiger partial charge on any atom is 0.257 e. The number of benzene rings is 2. The summed E-state index contributed by atoms with van der Waals surface area (Å²) in [5.74, 6) is 0.801. The predicted octanol–water partition coefficient (Wildman–Crippen LogP) is 2.67. The Balaban J connectivity index is 1.68. The van der Waals surface area contributed by atoms with Crippen LogP contribution in [0, 0.1) is 6.92 Å². The number of rotatable bonds is 3. The number of carbonyl (C=O) groups is 1. The first-order chi connectivity index (χ1) is 11.6. The molecule has 5 heteroatoms. The second-order valence-electron chi connectivity index (χ2n) is 5.95. The Bertz CT molecular complexity index is 737. The van der Waals surface area contributed by atoms with Gasteiger partial charge in [0, 0.05) is 37.9 Å². The number of amides is 1. The number of ether oxygens (including phenoxy) is 1. The maximum absolute atomic E-state index is 12.6. The van der Waals surface area contributed by atoms with Gasteiger partial charge in [-0.3, -0.25) is 4.79 Å². The van der Waals surface area contributed by atoms with Crippen LogP contribution in [0.25, 0.3) is 0 Å². The number of aromatic hydroxyl groups is 1.